The molecule has 2 saturated heterocycles. The Balaban J connectivity index is 1.51. The summed E-state index contributed by atoms with van der Waals surface area (Å²) >= 11 is 0. The quantitative estimate of drug-likeness (QED) is 0.764. The van der Waals surface area contributed by atoms with E-state index in [4.69, 9.17) is 4.74 Å². The SMILES string of the molecule is COC1CN(C)C(=O)C2(CCN(C(=O)c3nnc4nc(C)ccn34)CC2)C1. The van der Waals surface area contributed by atoms with Gasteiger partial charge in [-0.2, -0.15) is 0 Å². The van der Waals surface area contributed by atoms with Gasteiger partial charge in [0, 0.05) is 45.7 Å². The molecule has 1 atom stereocenters. The molecule has 27 heavy (non-hydrogen) atoms. The number of carbonyl (C=O) groups excluding carboxylic acids is 2. The minimum Gasteiger partial charge on any atom is -0.380 e. The Kier molecular flexibility index (Phi) is 4.33. The Morgan fingerprint density at radius 1 is 1.30 bits per heavy atom. The molecule has 1 unspecified atom stereocenters. The molecule has 9 nitrogen and oxygen atoms in total. The van der Waals surface area contributed by atoms with Gasteiger partial charge < -0.3 is 14.5 Å². The zero-order valence-corrected chi connectivity index (χ0v) is 15.9. The number of hydrogen-bond donors (Lipinski definition) is 0. The van der Waals surface area contributed by atoms with Crippen LogP contribution in [0.5, 0.6) is 0 Å². The number of carbonyl (C=O) groups is 2. The summed E-state index contributed by atoms with van der Waals surface area (Å²) in [6.07, 6.45) is 3.79. The Bertz CT molecular complexity index is 886. The molecule has 4 heterocycles. The second-order valence-electron chi connectivity index (χ2n) is 7.58. The Morgan fingerprint density at radius 2 is 2.04 bits per heavy atom. The fourth-order valence-corrected chi connectivity index (χ4v) is 4.26. The van der Waals surface area contributed by atoms with E-state index in [1.807, 2.05) is 20.0 Å². The van der Waals surface area contributed by atoms with Crippen molar-refractivity contribution >= 4 is 17.6 Å². The largest absolute Gasteiger partial charge is 0.380 e. The average Bonchev–Trinajstić information content (AvgIpc) is 3.08. The van der Waals surface area contributed by atoms with Gasteiger partial charge in [-0.25, -0.2) is 4.98 Å². The predicted molar refractivity (Wildman–Crippen MR) is 96.1 cm³/mol. The fourth-order valence-electron chi connectivity index (χ4n) is 4.26. The fraction of sp³-hybridized carbons (Fsp3) is 0.611. The number of aromatic nitrogens is 4. The molecule has 2 amide bonds. The highest BCUT2D eigenvalue weighted by Crippen LogP contribution is 2.41. The molecule has 0 radical (unpaired) electrons. The van der Waals surface area contributed by atoms with Crippen molar-refractivity contribution in [1.82, 2.24) is 29.4 Å². The lowest BCUT2D eigenvalue weighted by molar-refractivity contribution is -0.155. The molecule has 9 heteroatoms. The monoisotopic (exact) mass is 372 g/mol. The number of likely N-dealkylation sites (N-methyl/N-ethyl adjacent to an activating group) is 1. The molecule has 144 valence electrons. The van der Waals surface area contributed by atoms with Crippen molar-refractivity contribution in [3.63, 3.8) is 0 Å². The standard InChI is InChI=1S/C18H24N6O3/c1-12-4-7-24-14(20-21-17(24)19-12)15(25)23-8-5-18(6-9-23)10-13(27-3)11-22(2)16(18)26/h4,7,13H,5-6,8-11H2,1-3H3. The minimum absolute atomic E-state index is 0.0460. The minimum atomic E-state index is -0.434. The van der Waals surface area contributed by atoms with Gasteiger partial charge in [0.1, 0.15) is 0 Å². The lowest BCUT2D eigenvalue weighted by Gasteiger charge is -2.47. The van der Waals surface area contributed by atoms with Crippen LogP contribution in [0.25, 0.3) is 5.78 Å². The molecular formula is C18H24N6O3. The predicted octanol–water partition coefficient (Wildman–Crippen LogP) is 0.532. The van der Waals surface area contributed by atoms with E-state index in [2.05, 4.69) is 15.2 Å². The van der Waals surface area contributed by atoms with Crippen LogP contribution in [-0.4, -0.2) is 81.1 Å². The van der Waals surface area contributed by atoms with Crippen LogP contribution >= 0.6 is 0 Å². The Labute approximate surface area is 157 Å². The van der Waals surface area contributed by atoms with Gasteiger partial charge in [0.15, 0.2) is 0 Å². The van der Waals surface area contributed by atoms with Gasteiger partial charge in [0.2, 0.25) is 11.7 Å². The van der Waals surface area contributed by atoms with Gasteiger partial charge in [0.25, 0.3) is 11.7 Å². The highest BCUT2D eigenvalue weighted by atomic mass is 16.5. The van der Waals surface area contributed by atoms with Crippen LogP contribution < -0.4 is 0 Å². The summed E-state index contributed by atoms with van der Waals surface area (Å²) in [4.78, 5) is 33.6. The summed E-state index contributed by atoms with van der Waals surface area (Å²) < 4.78 is 7.14. The summed E-state index contributed by atoms with van der Waals surface area (Å²) in [7, 11) is 3.51. The second kappa shape index (κ2) is 6.56. The smallest absolute Gasteiger partial charge is 0.292 e. The van der Waals surface area contributed by atoms with Crippen molar-refractivity contribution in [2.45, 2.75) is 32.3 Å². The van der Waals surface area contributed by atoms with Crippen molar-refractivity contribution in [1.29, 1.82) is 0 Å². The molecule has 0 aromatic carbocycles. The maximum atomic E-state index is 13.0. The van der Waals surface area contributed by atoms with Crippen molar-refractivity contribution in [2.75, 3.05) is 33.8 Å². The van der Waals surface area contributed by atoms with E-state index in [1.165, 1.54) is 0 Å². The van der Waals surface area contributed by atoms with E-state index < -0.39 is 5.41 Å². The number of aryl methyl sites for hydroxylation is 1. The maximum absolute atomic E-state index is 13.0. The molecule has 2 aromatic rings. The lowest BCUT2D eigenvalue weighted by Crippen LogP contribution is -2.57. The molecule has 2 aliphatic heterocycles. The number of hydrogen-bond acceptors (Lipinski definition) is 6. The van der Waals surface area contributed by atoms with Crippen molar-refractivity contribution in [3.05, 3.63) is 23.8 Å². The number of fused-ring (bicyclic) bond motifs is 1. The zero-order valence-electron chi connectivity index (χ0n) is 15.9. The summed E-state index contributed by atoms with van der Waals surface area (Å²) in [5.41, 5.74) is 0.386. The van der Waals surface area contributed by atoms with Crippen LogP contribution in [-0.2, 0) is 9.53 Å². The molecule has 1 spiro atoms. The third kappa shape index (κ3) is 2.95. The van der Waals surface area contributed by atoms with Crippen LogP contribution in [0.2, 0.25) is 0 Å². The van der Waals surface area contributed by atoms with Gasteiger partial charge in [-0.3, -0.25) is 14.0 Å². The molecular weight excluding hydrogens is 348 g/mol. The van der Waals surface area contributed by atoms with Gasteiger partial charge >= 0.3 is 0 Å². The van der Waals surface area contributed by atoms with E-state index in [0.717, 1.165) is 5.69 Å². The number of ether oxygens (including phenoxy) is 1. The first kappa shape index (κ1) is 17.8. The van der Waals surface area contributed by atoms with Crippen molar-refractivity contribution in [2.24, 2.45) is 5.41 Å². The Morgan fingerprint density at radius 3 is 2.74 bits per heavy atom. The first-order chi connectivity index (χ1) is 12.9. The van der Waals surface area contributed by atoms with Gasteiger partial charge in [-0.05, 0) is 32.3 Å². The van der Waals surface area contributed by atoms with Crippen LogP contribution in [0.4, 0.5) is 0 Å². The van der Waals surface area contributed by atoms with E-state index in [9.17, 15) is 9.59 Å². The number of nitrogens with zero attached hydrogens (tertiary/aromatic N) is 6. The van der Waals surface area contributed by atoms with E-state index in [1.54, 1.807) is 27.5 Å². The molecule has 2 fully saturated rings. The van der Waals surface area contributed by atoms with E-state index in [0.29, 0.717) is 44.7 Å². The summed E-state index contributed by atoms with van der Waals surface area (Å²) in [6.45, 7) is 3.52. The third-order valence-electron chi connectivity index (χ3n) is 5.85. The highest BCUT2D eigenvalue weighted by Gasteiger charge is 2.48. The zero-order chi connectivity index (χ0) is 19.2. The maximum Gasteiger partial charge on any atom is 0.292 e. The van der Waals surface area contributed by atoms with Crippen molar-refractivity contribution in [3.8, 4) is 0 Å². The van der Waals surface area contributed by atoms with Crippen LogP contribution in [0.15, 0.2) is 12.3 Å². The van der Waals surface area contributed by atoms with Crippen LogP contribution in [0.1, 0.15) is 35.6 Å². The van der Waals surface area contributed by atoms with Gasteiger partial charge in [-0.1, -0.05) is 0 Å². The molecule has 0 aliphatic carbocycles. The first-order valence-corrected chi connectivity index (χ1v) is 9.19. The molecule has 2 aromatic heterocycles. The van der Waals surface area contributed by atoms with Gasteiger partial charge in [-0.15, -0.1) is 10.2 Å². The number of piperidine rings is 2. The van der Waals surface area contributed by atoms with Crippen LogP contribution in [0.3, 0.4) is 0 Å². The summed E-state index contributed by atoms with van der Waals surface area (Å²) in [6, 6.07) is 1.82. The Hall–Kier alpha value is -2.55. The second-order valence-corrected chi connectivity index (χ2v) is 7.58. The molecule has 0 saturated carbocycles. The lowest BCUT2D eigenvalue weighted by atomic mass is 9.71. The molecule has 0 N–H and O–H groups in total. The van der Waals surface area contributed by atoms with Crippen LogP contribution in [0, 0.1) is 12.3 Å². The third-order valence-corrected chi connectivity index (χ3v) is 5.85. The highest BCUT2D eigenvalue weighted by molar-refractivity contribution is 5.91. The number of amides is 2. The van der Waals surface area contributed by atoms with E-state index >= 15 is 0 Å². The normalized spacial score (nSPS) is 22.6. The molecule has 0 bridgehead atoms. The van der Waals surface area contributed by atoms with E-state index in [-0.39, 0.29) is 23.7 Å². The number of likely N-dealkylation sites (tertiary alicyclic amines) is 2. The number of methoxy groups -OCH3 is 1. The first-order valence-electron chi connectivity index (χ1n) is 9.19. The average molecular weight is 372 g/mol. The summed E-state index contributed by atoms with van der Waals surface area (Å²) in [5, 5.41) is 8.03. The molecule has 4 rings (SSSR count). The summed E-state index contributed by atoms with van der Waals surface area (Å²) in [5.74, 6) is 0.660. The number of rotatable bonds is 2. The van der Waals surface area contributed by atoms with Crippen molar-refractivity contribution < 1.29 is 14.3 Å². The van der Waals surface area contributed by atoms with Gasteiger partial charge in [0.05, 0.1) is 11.5 Å². The topological polar surface area (TPSA) is 92.9 Å². The molecule has 2 aliphatic rings.